The summed E-state index contributed by atoms with van der Waals surface area (Å²) in [6, 6.07) is 9.36. The lowest BCUT2D eigenvalue weighted by Crippen LogP contribution is -2.28. The molecule has 0 bridgehead atoms. The molecule has 0 radical (unpaired) electrons. The van der Waals surface area contributed by atoms with E-state index in [1.807, 2.05) is 0 Å². The minimum absolute atomic E-state index is 0.0587. The Labute approximate surface area is 174 Å². The summed E-state index contributed by atoms with van der Waals surface area (Å²) in [4.78, 5) is 12.9. The lowest BCUT2D eigenvalue weighted by molar-refractivity contribution is -0.0500. The van der Waals surface area contributed by atoms with Crippen LogP contribution in [0.15, 0.2) is 59.5 Å². The standard InChI is InChI=1S/C19H12F4O6S2/c1-30(25,26)14-7-8-15-12(10-14)4-9-16(29-31(27,28)19(21,22)23)17(15)18(24)11-2-5-13(20)6-3-11/h2-10H,1H3. The lowest BCUT2D eigenvalue weighted by atomic mass is 9.96. The summed E-state index contributed by atoms with van der Waals surface area (Å²) < 4.78 is 102. The smallest absolute Gasteiger partial charge is 0.375 e. The van der Waals surface area contributed by atoms with E-state index in [1.54, 1.807) is 0 Å². The number of hydrogen-bond donors (Lipinski definition) is 0. The SMILES string of the molecule is CS(=O)(=O)c1ccc2c(C(=O)c3ccc(F)cc3)c(OS(=O)(=O)C(F)(F)F)ccc2c1. The quantitative estimate of drug-likeness (QED) is 0.240. The van der Waals surface area contributed by atoms with Gasteiger partial charge in [-0.2, -0.15) is 21.6 Å². The molecule has 0 spiro atoms. The molecule has 0 fully saturated rings. The Morgan fingerprint density at radius 1 is 0.903 bits per heavy atom. The van der Waals surface area contributed by atoms with Crippen molar-refractivity contribution in [3.63, 3.8) is 0 Å². The normalized spacial score (nSPS) is 12.7. The van der Waals surface area contributed by atoms with E-state index < -0.39 is 48.4 Å². The van der Waals surface area contributed by atoms with Crippen LogP contribution in [0, 0.1) is 5.82 Å². The van der Waals surface area contributed by atoms with Gasteiger partial charge < -0.3 is 4.18 Å². The van der Waals surface area contributed by atoms with Crippen molar-refractivity contribution in [1.29, 1.82) is 0 Å². The second-order valence-electron chi connectivity index (χ2n) is 6.41. The van der Waals surface area contributed by atoms with Crippen LogP contribution in [0.25, 0.3) is 10.8 Å². The zero-order valence-electron chi connectivity index (χ0n) is 15.5. The first-order valence-corrected chi connectivity index (χ1v) is 11.6. The van der Waals surface area contributed by atoms with Gasteiger partial charge in [-0.15, -0.1) is 0 Å². The molecule has 164 valence electrons. The Kier molecular flexibility index (Phi) is 5.57. The van der Waals surface area contributed by atoms with Crippen molar-refractivity contribution < 1.29 is 43.4 Å². The van der Waals surface area contributed by atoms with Gasteiger partial charge >= 0.3 is 15.6 Å². The van der Waals surface area contributed by atoms with E-state index in [0.29, 0.717) is 0 Å². The van der Waals surface area contributed by atoms with Crippen LogP contribution in [0.4, 0.5) is 17.6 Å². The molecule has 3 aromatic carbocycles. The monoisotopic (exact) mass is 476 g/mol. The van der Waals surface area contributed by atoms with Gasteiger partial charge in [0, 0.05) is 11.8 Å². The molecule has 0 aromatic heterocycles. The van der Waals surface area contributed by atoms with Gasteiger partial charge in [-0.3, -0.25) is 4.79 Å². The molecule has 0 atom stereocenters. The molecule has 0 saturated carbocycles. The number of alkyl halides is 3. The van der Waals surface area contributed by atoms with E-state index in [9.17, 15) is 39.2 Å². The van der Waals surface area contributed by atoms with Gasteiger partial charge in [0.15, 0.2) is 21.4 Å². The van der Waals surface area contributed by atoms with Crippen molar-refractivity contribution in [2.45, 2.75) is 10.4 Å². The van der Waals surface area contributed by atoms with Gasteiger partial charge in [-0.05, 0) is 53.2 Å². The van der Waals surface area contributed by atoms with Gasteiger partial charge in [0.25, 0.3) is 0 Å². The Morgan fingerprint density at radius 3 is 2.06 bits per heavy atom. The molecule has 0 unspecified atom stereocenters. The maximum Gasteiger partial charge on any atom is 0.534 e. The van der Waals surface area contributed by atoms with Crippen LogP contribution in [0.1, 0.15) is 15.9 Å². The predicted molar refractivity (Wildman–Crippen MR) is 102 cm³/mol. The molecule has 0 saturated heterocycles. The predicted octanol–water partition coefficient (Wildman–Crippen LogP) is 3.84. The van der Waals surface area contributed by atoms with E-state index in [2.05, 4.69) is 4.18 Å². The fourth-order valence-corrected chi connectivity index (χ4v) is 3.86. The van der Waals surface area contributed by atoms with Gasteiger partial charge in [0.1, 0.15) is 5.82 Å². The fourth-order valence-electron chi connectivity index (χ4n) is 2.73. The second kappa shape index (κ2) is 7.61. The third kappa shape index (κ3) is 4.54. The van der Waals surface area contributed by atoms with Gasteiger partial charge in [-0.25, -0.2) is 12.8 Å². The highest BCUT2D eigenvalue weighted by Gasteiger charge is 2.49. The van der Waals surface area contributed by atoms with E-state index in [0.717, 1.165) is 54.8 Å². The van der Waals surface area contributed by atoms with Crippen molar-refractivity contribution in [3.8, 4) is 5.75 Å². The summed E-state index contributed by atoms with van der Waals surface area (Å²) in [6.45, 7) is 0. The molecule has 0 heterocycles. The Balaban J connectivity index is 2.29. The molecule has 6 nitrogen and oxygen atoms in total. The molecule has 0 aliphatic heterocycles. The van der Waals surface area contributed by atoms with Gasteiger partial charge in [0.2, 0.25) is 0 Å². The Hall–Kier alpha value is -2.99. The van der Waals surface area contributed by atoms with Crippen molar-refractivity contribution in [2.75, 3.05) is 6.26 Å². The van der Waals surface area contributed by atoms with Crippen LogP contribution in [0.3, 0.4) is 0 Å². The highest BCUT2D eigenvalue weighted by Crippen LogP contribution is 2.35. The minimum atomic E-state index is -6.10. The van der Waals surface area contributed by atoms with Crippen LogP contribution in [0.5, 0.6) is 5.75 Å². The van der Waals surface area contributed by atoms with E-state index in [-0.39, 0.29) is 21.2 Å². The molecule has 3 aromatic rings. The molecule has 12 heteroatoms. The summed E-state index contributed by atoms with van der Waals surface area (Å²) >= 11 is 0. The highest BCUT2D eigenvalue weighted by atomic mass is 32.2. The first kappa shape index (κ1) is 22.7. The molecule has 3 rings (SSSR count). The molecule has 0 aliphatic rings. The zero-order valence-corrected chi connectivity index (χ0v) is 17.1. The summed E-state index contributed by atoms with van der Waals surface area (Å²) in [5, 5.41) is 0.0711. The molecule has 0 amide bonds. The Morgan fingerprint density at radius 2 is 1.52 bits per heavy atom. The summed E-state index contributed by atoms with van der Waals surface area (Å²) in [5.41, 5.74) is -6.47. The molecule has 0 aliphatic carbocycles. The number of halogens is 4. The average Bonchev–Trinajstić information content (AvgIpc) is 2.65. The molecule has 0 N–H and O–H groups in total. The maximum absolute atomic E-state index is 13.2. The summed E-state index contributed by atoms with van der Waals surface area (Å²) in [5.74, 6) is -2.54. The van der Waals surface area contributed by atoms with E-state index >= 15 is 0 Å². The third-order valence-electron chi connectivity index (χ3n) is 4.20. The lowest BCUT2D eigenvalue weighted by Gasteiger charge is -2.15. The maximum atomic E-state index is 13.2. The number of rotatable bonds is 5. The van der Waals surface area contributed by atoms with Gasteiger partial charge in [-0.1, -0.05) is 12.1 Å². The number of ketones is 1. The number of carbonyl (C=O) groups is 1. The first-order valence-electron chi connectivity index (χ1n) is 8.28. The largest absolute Gasteiger partial charge is 0.534 e. The van der Waals surface area contributed by atoms with Crippen molar-refractivity contribution in [2.24, 2.45) is 0 Å². The van der Waals surface area contributed by atoms with Crippen LogP contribution < -0.4 is 4.18 Å². The van der Waals surface area contributed by atoms with Crippen LogP contribution in [-0.4, -0.2) is 34.4 Å². The summed E-state index contributed by atoms with van der Waals surface area (Å²) in [7, 11) is -9.75. The van der Waals surface area contributed by atoms with Crippen molar-refractivity contribution >= 4 is 36.5 Å². The number of benzene rings is 3. The molecular formula is C19H12F4O6S2. The molecule has 31 heavy (non-hydrogen) atoms. The van der Waals surface area contributed by atoms with Crippen molar-refractivity contribution in [1.82, 2.24) is 0 Å². The summed E-state index contributed by atoms with van der Waals surface area (Å²) in [6.07, 6.45) is 0.937. The zero-order chi connectivity index (χ0) is 23.2. The van der Waals surface area contributed by atoms with E-state index in [1.165, 1.54) is 6.07 Å². The van der Waals surface area contributed by atoms with E-state index in [4.69, 9.17) is 0 Å². The van der Waals surface area contributed by atoms with Crippen LogP contribution in [-0.2, 0) is 20.0 Å². The molecular weight excluding hydrogens is 464 g/mol. The Bertz CT molecular complexity index is 1390. The highest BCUT2D eigenvalue weighted by molar-refractivity contribution is 7.90. The number of fused-ring (bicyclic) bond motifs is 1. The van der Waals surface area contributed by atoms with Gasteiger partial charge in [0.05, 0.1) is 10.5 Å². The number of sulfone groups is 1. The first-order chi connectivity index (χ1) is 14.2. The average molecular weight is 476 g/mol. The topological polar surface area (TPSA) is 94.6 Å². The second-order valence-corrected chi connectivity index (χ2v) is 9.97. The van der Waals surface area contributed by atoms with Crippen molar-refractivity contribution in [3.05, 3.63) is 71.5 Å². The number of carbonyl (C=O) groups excluding carboxylic acids is 1. The fraction of sp³-hybridized carbons (Fsp3) is 0.105. The third-order valence-corrected chi connectivity index (χ3v) is 6.27. The number of hydrogen-bond acceptors (Lipinski definition) is 6. The van der Waals surface area contributed by atoms with Crippen LogP contribution >= 0.6 is 0 Å². The van der Waals surface area contributed by atoms with Crippen LogP contribution in [0.2, 0.25) is 0 Å². The minimum Gasteiger partial charge on any atom is -0.375 e.